The lowest BCUT2D eigenvalue weighted by molar-refractivity contribution is -0.145. The number of aryl methyl sites for hydroxylation is 1. The Labute approximate surface area is 92.0 Å². The van der Waals surface area contributed by atoms with Crippen LogP contribution in [-0.2, 0) is 19.1 Å². The summed E-state index contributed by atoms with van der Waals surface area (Å²) in [5, 5.41) is 2.14. The SMILES string of the molecule is Cn1nc(C(F)(F)F)c(C(F)(F)CN)c1Cl. The molecule has 1 aromatic rings. The van der Waals surface area contributed by atoms with Crippen LogP contribution in [0.4, 0.5) is 22.0 Å². The predicted octanol–water partition coefficient (Wildman–Crippen LogP) is 2.14. The van der Waals surface area contributed by atoms with Crippen LogP contribution in [0.15, 0.2) is 0 Å². The first-order valence-corrected chi connectivity index (χ1v) is 4.37. The Morgan fingerprint density at radius 2 is 1.81 bits per heavy atom. The van der Waals surface area contributed by atoms with Crippen LogP contribution in [0.5, 0.6) is 0 Å². The highest BCUT2D eigenvalue weighted by Gasteiger charge is 2.47. The molecule has 0 aromatic carbocycles. The van der Waals surface area contributed by atoms with Gasteiger partial charge in [-0.05, 0) is 0 Å². The average Bonchev–Trinajstić information content (AvgIpc) is 2.43. The van der Waals surface area contributed by atoms with Gasteiger partial charge in [-0.3, -0.25) is 4.68 Å². The molecule has 0 saturated heterocycles. The van der Waals surface area contributed by atoms with Crippen molar-refractivity contribution >= 4 is 11.6 Å². The van der Waals surface area contributed by atoms with Gasteiger partial charge in [-0.25, -0.2) is 0 Å². The first-order valence-electron chi connectivity index (χ1n) is 3.99. The lowest BCUT2D eigenvalue weighted by atomic mass is 10.1. The van der Waals surface area contributed by atoms with Gasteiger partial charge in [0, 0.05) is 7.05 Å². The van der Waals surface area contributed by atoms with Crippen molar-refractivity contribution < 1.29 is 22.0 Å². The molecule has 0 bridgehead atoms. The van der Waals surface area contributed by atoms with Gasteiger partial charge in [-0.15, -0.1) is 0 Å². The minimum atomic E-state index is -5.00. The molecule has 0 amide bonds. The Morgan fingerprint density at radius 3 is 2.19 bits per heavy atom. The molecule has 92 valence electrons. The Kier molecular flexibility index (Phi) is 3.17. The van der Waals surface area contributed by atoms with E-state index in [1.54, 1.807) is 0 Å². The molecule has 0 aliphatic rings. The van der Waals surface area contributed by atoms with Crippen molar-refractivity contribution in [3.63, 3.8) is 0 Å². The van der Waals surface area contributed by atoms with E-state index < -0.39 is 35.1 Å². The van der Waals surface area contributed by atoms with Gasteiger partial charge in [0.15, 0.2) is 5.69 Å². The number of aromatic nitrogens is 2. The molecular formula is C7H7ClF5N3. The summed E-state index contributed by atoms with van der Waals surface area (Å²) in [6, 6.07) is 0. The van der Waals surface area contributed by atoms with Crippen LogP contribution in [0, 0.1) is 0 Å². The standard InChI is InChI=1S/C7H7ClF5N3/c1-16-5(8)3(6(9,10)2-14)4(15-16)7(11,12)13/h2,14H2,1H3. The number of rotatable bonds is 2. The summed E-state index contributed by atoms with van der Waals surface area (Å²) < 4.78 is 64.1. The third kappa shape index (κ3) is 2.12. The molecule has 16 heavy (non-hydrogen) atoms. The largest absolute Gasteiger partial charge is 0.435 e. The number of nitrogens with zero attached hydrogens (tertiary/aromatic N) is 2. The van der Waals surface area contributed by atoms with Crippen LogP contribution in [0.2, 0.25) is 5.15 Å². The van der Waals surface area contributed by atoms with Crippen molar-refractivity contribution in [2.75, 3.05) is 6.54 Å². The van der Waals surface area contributed by atoms with Gasteiger partial charge in [0.2, 0.25) is 0 Å². The normalized spacial score (nSPS) is 13.2. The first-order chi connectivity index (χ1) is 7.11. The molecule has 1 aromatic heterocycles. The van der Waals surface area contributed by atoms with E-state index in [-0.39, 0.29) is 0 Å². The topological polar surface area (TPSA) is 43.8 Å². The van der Waals surface area contributed by atoms with Crippen LogP contribution >= 0.6 is 11.6 Å². The lowest BCUT2D eigenvalue weighted by Crippen LogP contribution is -2.28. The maximum absolute atomic E-state index is 13.2. The van der Waals surface area contributed by atoms with Crippen molar-refractivity contribution in [2.24, 2.45) is 12.8 Å². The van der Waals surface area contributed by atoms with Gasteiger partial charge < -0.3 is 5.73 Å². The molecule has 0 unspecified atom stereocenters. The zero-order valence-electron chi connectivity index (χ0n) is 7.95. The Morgan fingerprint density at radius 1 is 1.31 bits per heavy atom. The van der Waals surface area contributed by atoms with Crippen LogP contribution in [0.3, 0.4) is 0 Å². The van der Waals surface area contributed by atoms with Gasteiger partial charge in [0.05, 0.1) is 12.1 Å². The third-order valence-electron chi connectivity index (χ3n) is 1.87. The van der Waals surface area contributed by atoms with E-state index in [0.29, 0.717) is 4.68 Å². The van der Waals surface area contributed by atoms with Crippen molar-refractivity contribution in [2.45, 2.75) is 12.1 Å². The fourth-order valence-corrected chi connectivity index (χ4v) is 1.39. The summed E-state index contributed by atoms with van der Waals surface area (Å²) >= 11 is 5.35. The fourth-order valence-electron chi connectivity index (χ4n) is 1.13. The molecule has 0 spiro atoms. The molecule has 1 heterocycles. The molecule has 0 radical (unpaired) electrons. The zero-order chi connectivity index (χ0) is 12.7. The van der Waals surface area contributed by atoms with E-state index in [4.69, 9.17) is 17.3 Å². The van der Waals surface area contributed by atoms with E-state index in [0.717, 1.165) is 7.05 Å². The molecule has 0 atom stereocenters. The van der Waals surface area contributed by atoms with Crippen LogP contribution in [0.25, 0.3) is 0 Å². The van der Waals surface area contributed by atoms with Crippen LogP contribution < -0.4 is 5.73 Å². The highest BCUT2D eigenvalue weighted by Crippen LogP contribution is 2.41. The molecule has 0 saturated carbocycles. The Hall–Kier alpha value is -0.890. The number of hydrogen-bond acceptors (Lipinski definition) is 2. The fraction of sp³-hybridized carbons (Fsp3) is 0.571. The minimum absolute atomic E-state index is 0.531. The maximum atomic E-state index is 13.2. The summed E-state index contributed by atoms with van der Waals surface area (Å²) in [6.07, 6.45) is -5.00. The first kappa shape index (κ1) is 13.2. The Bertz CT molecular complexity index is 397. The zero-order valence-corrected chi connectivity index (χ0v) is 8.70. The van der Waals surface area contributed by atoms with E-state index in [9.17, 15) is 22.0 Å². The number of halogens is 6. The van der Waals surface area contributed by atoms with Crippen molar-refractivity contribution in [3.8, 4) is 0 Å². The molecule has 0 aliphatic carbocycles. The van der Waals surface area contributed by atoms with Crippen LogP contribution in [0.1, 0.15) is 11.3 Å². The number of alkyl halides is 5. The van der Waals surface area contributed by atoms with Gasteiger partial charge in [0.25, 0.3) is 5.92 Å². The quantitative estimate of drug-likeness (QED) is 0.831. The van der Waals surface area contributed by atoms with Gasteiger partial charge >= 0.3 is 6.18 Å². The van der Waals surface area contributed by atoms with Gasteiger partial charge in [0.1, 0.15) is 5.15 Å². The van der Waals surface area contributed by atoms with Crippen LogP contribution in [-0.4, -0.2) is 16.3 Å². The maximum Gasteiger partial charge on any atom is 0.435 e. The predicted molar refractivity (Wildman–Crippen MR) is 46.2 cm³/mol. The van der Waals surface area contributed by atoms with E-state index >= 15 is 0 Å². The summed E-state index contributed by atoms with van der Waals surface area (Å²) in [7, 11) is 1.04. The third-order valence-corrected chi connectivity index (χ3v) is 2.30. The number of hydrogen-bond donors (Lipinski definition) is 1. The van der Waals surface area contributed by atoms with Crippen molar-refractivity contribution in [1.29, 1.82) is 0 Å². The summed E-state index contributed by atoms with van der Waals surface area (Å²) in [5.74, 6) is -3.86. The minimum Gasteiger partial charge on any atom is -0.325 e. The monoisotopic (exact) mass is 263 g/mol. The molecule has 2 N–H and O–H groups in total. The lowest BCUT2D eigenvalue weighted by Gasteiger charge is -2.15. The summed E-state index contributed by atoms with van der Waals surface area (Å²) in [5.41, 5.74) is 1.62. The van der Waals surface area contributed by atoms with Gasteiger partial charge in [-0.2, -0.15) is 27.1 Å². The second kappa shape index (κ2) is 3.85. The van der Waals surface area contributed by atoms with E-state index in [1.165, 1.54) is 0 Å². The molecule has 3 nitrogen and oxygen atoms in total. The number of nitrogens with two attached hydrogens (primary N) is 1. The summed E-state index contributed by atoms with van der Waals surface area (Å²) in [4.78, 5) is 0. The smallest absolute Gasteiger partial charge is 0.325 e. The van der Waals surface area contributed by atoms with Crippen molar-refractivity contribution in [1.82, 2.24) is 9.78 Å². The highest BCUT2D eigenvalue weighted by molar-refractivity contribution is 6.30. The molecule has 0 fully saturated rings. The highest BCUT2D eigenvalue weighted by atomic mass is 35.5. The average molecular weight is 264 g/mol. The molecule has 1 rings (SSSR count). The second-order valence-corrected chi connectivity index (χ2v) is 3.40. The molecule has 0 aliphatic heterocycles. The van der Waals surface area contributed by atoms with Gasteiger partial charge in [-0.1, -0.05) is 11.6 Å². The molecular weight excluding hydrogens is 257 g/mol. The van der Waals surface area contributed by atoms with Crippen molar-refractivity contribution in [3.05, 3.63) is 16.4 Å². The second-order valence-electron chi connectivity index (χ2n) is 3.04. The Balaban J connectivity index is 3.48. The molecule has 9 heteroatoms. The van der Waals surface area contributed by atoms with E-state index in [1.807, 2.05) is 0 Å². The van der Waals surface area contributed by atoms with E-state index in [2.05, 4.69) is 5.10 Å². The summed E-state index contributed by atoms with van der Waals surface area (Å²) in [6.45, 7) is -1.28.